The van der Waals surface area contributed by atoms with E-state index >= 15 is 0 Å². The van der Waals surface area contributed by atoms with Gasteiger partial charge in [0, 0.05) is 5.39 Å². The van der Waals surface area contributed by atoms with Crippen molar-refractivity contribution in [3.8, 4) is 0 Å². The molecule has 1 N–H and O–H groups in total. The van der Waals surface area contributed by atoms with Crippen LogP contribution in [0.25, 0.3) is 10.8 Å². The lowest BCUT2D eigenvalue weighted by molar-refractivity contribution is -0.147. The smallest absolute Gasteiger partial charge is 0.361 e. The average Bonchev–Trinajstić information content (AvgIpc) is 2.29. The number of carboxylic acid groups (broad SMARTS) is 1. The van der Waals surface area contributed by atoms with Gasteiger partial charge in [0.25, 0.3) is 11.9 Å². The molecule has 82 valence electrons. The predicted molar refractivity (Wildman–Crippen MR) is 53.8 cm³/mol. The highest BCUT2D eigenvalue weighted by Gasteiger charge is 2.21. The van der Waals surface area contributed by atoms with Crippen LogP contribution in [0.1, 0.15) is 6.30 Å². The number of rotatable bonds is 2. The Kier molecular flexibility index (Phi) is 2.40. The molecule has 1 aromatic heterocycles. The third-order valence-corrected chi connectivity index (χ3v) is 2.14. The summed E-state index contributed by atoms with van der Waals surface area (Å²) in [6, 6.07) is 6.45. The minimum atomic E-state index is -2.46. The lowest BCUT2D eigenvalue weighted by Crippen LogP contribution is -2.29. The van der Waals surface area contributed by atoms with Gasteiger partial charge < -0.3 is 5.11 Å². The molecule has 1 atom stereocenters. The monoisotopic (exact) mass is 222 g/mol. The van der Waals surface area contributed by atoms with Crippen LogP contribution in [-0.4, -0.2) is 20.9 Å². The Hall–Kier alpha value is -2.24. The number of hydrogen-bond donors (Lipinski definition) is 1. The number of carbonyl (C=O) groups is 1. The number of nitrogens with zero attached hydrogens (tertiary/aromatic N) is 2. The maximum absolute atomic E-state index is 13.1. The zero-order valence-electron chi connectivity index (χ0n) is 8.00. The van der Waals surface area contributed by atoms with Crippen molar-refractivity contribution < 1.29 is 14.3 Å². The zero-order valence-corrected chi connectivity index (χ0v) is 8.00. The molecule has 1 unspecified atom stereocenters. The van der Waals surface area contributed by atoms with Gasteiger partial charge in [0.2, 0.25) is 0 Å². The van der Waals surface area contributed by atoms with Crippen LogP contribution in [0.3, 0.4) is 0 Å². The van der Waals surface area contributed by atoms with Crippen LogP contribution in [0.2, 0.25) is 0 Å². The van der Waals surface area contributed by atoms with Crippen LogP contribution < -0.4 is 5.56 Å². The van der Waals surface area contributed by atoms with Gasteiger partial charge in [-0.1, -0.05) is 18.2 Å². The number of benzene rings is 1. The van der Waals surface area contributed by atoms with E-state index in [1.165, 1.54) is 12.3 Å². The summed E-state index contributed by atoms with van der Waals surface area (Å²) >= 11 is 0. The number of hydrogen-bond acceptors (Lipinski definition) is 3. The second kappa shape index (κ2) is 3.73. The third kappa shape index (κ3) is 1.54. The largest absolute Gasteiger partial charge is 0.478 e. The first-order valence-electron chi connectivity index (χ1n) is 4.44. The van der Waals surface area contributed by atoms with E-state index in [9.17, 15) is 14.0 Å². The molecular formula is C10H7FN2O3. The van der Waals surface area contributed by atoms with Gasteiger partial charge in [-0.2, -0.15) is 9.78 Å². The van der Waals surface area contributed by atoms with E-state index in [0.29, 0.717) is 10.1 Å². The van der Waals surface area contributed by atoms with Gasteiger partial charge in [0.1, 0.15) is 0 Å². The highest BCUT2D eigenvalue weighted by atomic mass is 19.1. The van der Waals surface area contributed by atoms with E-state index in [0.717, 1.165) is 0 Å². The van der Waals surface area contributed by atoms with E-state index in [1.807, 2.05) is 0 Å². The molecule has 0 saturated carbocycles. The van der Waals surface area contributed by atoms with Crippen LogP contribution in [0, 0.1) is 0 Å². The van der Waals surface area contributed by atoms with Gasteiger partial charge in [0.05, 0.1) is 11.6 Å². The highest BCUT2D eigenvalue weighted by molar-refractivity contribution is 5.80. The molecule has 1 aromatic carbocycles. The molecule has 0 aliphatic carbocycles. The maximum atomic E-state index is 13.1. The molecule has 16 heavy (non-hydrogen) atoms. The predicted octanol–water partition coefficient (Wildman–Crippen LogP) is 0.949. The van der Waals surface area contributed by atoms with E-state index < -0.39 is 17.8 Å². The summed E-state index contributed by atoms with van der Waals surface area (Å²) in [5.74, 6) is -1.75. The average molecular weight is 222 g/mol. The van der Waals surface area contributed by atoms with Crippen molar-refractivity contribution >= 4 is 16.7 Å². The van der Waals surface area contributed by atoms with Crippen molar-refractivity contribution in [2.45, 2.75) is 6.30 Å². The Balaban J connectivity index is 2.70. The van der Waals surface area contributed by atoms with E-state index in [2.05, 4.69) is 5.10 Å². The molecule has 0 saturated heterocycles. The molecule has 0 amide bonds. The molecule has 0 aliphatic rings. The summed E-state index contributed by atoms with van der Waals surface area (Å²) in [7, 11) is 0. The third-order valence-electron chi connectivity index (χ3n) is 2.14. The molecule has 6 heteroatoms. The standard InChI is InChI=1S/C10H7FN2O3/c11-8(10(15)16)13-9(14)7-4-2-1-3-6(7)5-12-13/h1-5,8H,(H,15,16). The number of alkyl halides is 1. The summed E-state index contributed by atoms with van der Waals surface area (Å²) in [5.41, 5.74) is -0.756. The SMILES string of the molecule is O=C(O)C(F)n1ncc2ccccc2c1=O. The van der Waals surface area contributed by atoms with E-state index in [4.69, 9.17) is 5.11 Å². The van der Waals surface area contributed by atoms with E-state index in [1.54, 1.807) is 18.2 Å². The Bertz CT molecular complexity index is 608. The van der Waals surface area contributed by atoms with Gasteiger partial charge >= 0.3 is 5.97 Å². The van der Waals surface area contributed by atoms with Crippen molar-refractivity contribution in [2.75, 3.05) is 0 Å². The molecule has 0 fully saturated rings. The molecule has 0 bridgehead atoms. The summed E-state index contributed by atoms with van der Waals surface area (Å²) in [6.07, 6.45) is -1.20. The Morgan fingerprint density at radius 1 is 1.44 bits per heavy atom. The molecule has 5 nitrogen and oxygen atoms in total. The first-order chi connectivity index (χ1) is 7.61. The quantitative estimate of drug-likeness (QED) is 0.821. The van der Waals surface area contributed by atoms with Crippen LogP contribution in [0.5, 0.6) is 0 Å². The first kappa shape index (κ1) is 10.3. The zero-order chi connectivity index (χ0) is 11.7. The van der Waals surface area contributed by atoms with Crippen molar-refractivity contribution in [1.29, 1.82) is 0 Å². The minimum absolute atomic E-state index is 0.237. The minimum Gasteiger partial charge on any atom is -0.478 e. The highest BCUT2D eigenvalue weighted by Crippen LogP contribution is 2.09. The first-order valence-corrected chi connectivity index (χ1v) is 4.44. The molecule has 2 rings (SSSR count). The fraction of sp³-hybridized carbons (Fsp3) is 0.100. The second-order valence-electron chi connectivity index (χ2n) is 3.16. The van der Waals surface area contributed by atoms with Gasteiger partial charge in [-0.15, -0.1) is 0 Å². The topological polar surface area (TPSA) is 72.2 Å². The second-order valence-corrected chi connectivity index (χ2v) is 3.16. The fourth-order valence-corrected chi connectivity index (χ4v) is 1.37. The van der Waals surface area contributed by atoms with Crippen molar-refractivity contribution in [3.63, 3.8) is 0 Å². The number of aromatic nitrogens is 2. The lowest BCUT2D eigenvalue weighted by Gasteiger charge is -2.06. The van der Waals surface area contributed by atoms with E-state index in [-0.39, 0.29) is 5.39 Å². The molecule has 0 spiro atoms. The summed E-state index contributed by atoms with van der Waals surface area (Å²) in [6.45, 7) is 0. The fourth-order valence-electron chi connectivity index (χ4n) is 1.37. The molecular weight excluding hydrogens is 215 g/mol. The Morgan fingerprint density at radius 3 is 2.81 bits per heavy atom. The Labute approximate surface area is 88.7 Å². The normalized spacial score (nSPS) is 12.6. The van der Waals surface area contributed by atoms with Crippen LogP contribution in [-0.2, 0) is 4.79 Å². The van der Waals surface area contributed by atoms with Crippen molar-refractivity contribution in [2.24, 2.45) is 0 Å². The molecule has 1 heterocycles. The number of halogens is 1. The maximum Gasteiger partial charge on any atom is 0.361 e. The van der Waals surface area contributed by atoms with Gasteiger partial charge in [-0.05, 0) is 6.07 Å². The van der Waals surface area contributed by atoms with Crippen molar-refractivity contribution in [1.82, 2.24) is 9.78 Å². The Morgan fingerprint density at radius 2 is 2.12 bits per heavy atom. The summed E-state index contributed by atoms with van der Waals surface area (Å²) in [4.78, 5) is 22.1. The number of aliphatic carboxylic acids is 1. The molecule has 0 radical (unpaired) electrons. The van der Waals surface area contributed by atoms with Crippen LogP contribution in [0.15, 0.2) is 35.3 Å². The summed E-state index contributed by atoms with van der Waals surface area (Å²) < 4.78 is 13.5. The summed E-state index contributed by atoms with van der Waals surface area (Å²) in [5, 5.41) is 12.7. The number of fused-ring (bicyclic) bond motifs is 1. The van der Waals surface area contributed by atoms with Crippen molar-refractivity contribution in [3.05, 3.63) is 40.8 Å². The van der Waals surface area contributed by atoms with Gasteiger partial charge in [0.15, 0.2) is 0 Å². The number of carboxylic acids is 1. The van der Waals surface area contributed by atoms with Crippen LogP contribution in [0.4, 0.5) is 4.39 Å². The van der Waals surface area contributed by atoms with Gasteiger partial charge in [-0.3, -0.25) is 4.79 Å². The van der Waals surface area contributed by atoms with Crippen LogP contribution >= 0.6 is 0 Å². The molecule has 0 aliphatic heterocycles. The lowest BCUT2D eigenvalue weighted by atomic mass is 10.2. The van der Waals surface area contributed by atoms with Gasteiger partial charge in [-0.25, -0.2) is 9.18 Å². The molecule has 2 aromatic rings.